The molecule has 0 spiro atoms. The Morgan fingerprint density at radius 2 is 1.59 bits per heavy atom. The molecular formula is C16H32S. The van der Waals surface area contributed by atoms with Gasteiger partial charge in [-0.1, -0.05) is 52.9 Å². The molecule has 1 aliphatic rings. The Bertz CT molecular complexity index is 180. The first-order chi connectivity index (χ1) is 8.08. The van der Waals surface area contributed by atoms with Crippen LogP contribution in [0.15, 0.2) is 0 Å². The lowest BCUT2D eigenvalue weighted by Crippen LogP contribution is -2.15. The second kappa shape index (κ2) is 8.45. The quantitative estimate of drug-likeness (QED) is 0.554. The highest BCUT2D eigenvalue weighted by atomic mass is 32.1. The summed E-state index contributed by atoms with van der Waals surface area (Å²) in [6.07, 6.45) is 12.8. The predicted molar refractivity (Wildman–Crippen MR) is 81.8 cm³/mol. The molecule has 0 heterocycles. The van der Waals surface area contributed by atoms with E-state index in [0.717, 1.165) is 17.8 Å². The third-order valence-electron chi connectivity index (χ3n) is 4.36. The van der Waals surface area contributed by atoms with Crippen molar-refractivity contribution in [2.45, 2.75) is 83.8 Å². The Labute approximate surface area is 114 Å². The van der Waals surface area contributed by atoms with Crippen LogP contribution in [0.5, 0.6) is 0 Å². The van der Waals surface area contributed by atoms with Crippen LogP contribution in [0.25, 0.3) is 0 Å². The molecule has 1 fully saturated rings. The molecule has 1 atom stereocenters. The topological polar surface area (TPSA) is 0 Å². The molecule has 0 aromatic carbocycles. The van der Waals surface area contributed by atoms with Crippen LogP contribution >= 0.6 is 12.6 Å². The summed E-state index contributed by atoms with van der Waals surface area (Å²) in [4.78, 5) is 0. The smallest absolute Gasteiger partial charge is 0.00170 e. The molecule has 17 heavy (non-hydrogen) atoms. The van der Waals surface area contributed by atoms with Crippen molar-refractivity contribution in [3.63, 3.8) is 0 Å². The van der Waals surface area contributed by atoms with Crippen LogP contribution in [0.4, 0.5) is 0 Å². The summed E-state index contributed by atoms with van der Waals surface area (Å²) >= 11 is 4.58. The van der Waals surface area contributed by atoms with Gasteiger partial charge in [0.1, 0.15) is 0 Å². The standard InChI is InChI=1S/C16H32S/c1-13(2)5-4-6-14(3)7-8-15-9-11-16(17)12-10-15/h13-17H,4-12H2,1-3H3. The summed E-state index contributed by atoms with van der Waals surface area (Å²) < 4.78 is 0. The van der Waals surface area contributed by atoms with Gasteiger partial charge in [0.2, 0.25) is 0 Å². The van der Waals surface area contributed by atoms with Crippen molar-refractivity contribution < 1.29 is 0 Å². The average Bonchev–Trinajstić information content (AvgIpc) is 2.28. The lowest BCUT2D eigenvalue weighted by Gasteiger charge is -2.26. The highest BCUT2D eigenvalue weighted by molar-refractivity contribution is 7.80. The Kier molecular flexibility index (Phi) is 7.66. The van der Waals surface area contributed by atoms with E-state index in [1.807, 2.05) is 0 Å². The maximum atomic E-state index is 4.58. The molecule has 0 nitrogen and oxygen atoms in total. The lowest BCUT2D eigenvalue weighted by molar-refractivity contribution is 0.309. The highest BCUT2D eigenvalue weighted by Gasteiger charge is 2.18. The molecule has 0 aromatic rings. The fourth-order valence-corrected chi connectivity index (χ4v) is 3.27. The summed E-state index contributed by atoms with van der Waals surface area (Å²) in [7, 11) is 0. The second-order valence-corrected chi connectivity index (χ2v) is 7.41. The van der Waals surface area contributed by atoms with Crippen LogP contribution in [0.1, 0.15) is 78.6 Å². The summed E-state index contributed by atoms with van der Waals surface area (Å²) in [5.41, 5.74) is 0. The van der Waals surface area contributed by atoms with Gasteiger partial charge in [0.15, 0.2) is 0 Å². The largest absolute Gasteiger partial charge is 0.176 e. The van der Waals surface area contributed by atoms with Crippen molar-refractivity contribution in [1.29, 1.82) is 0 Å². The summed E-state index contributed by atoms with van der Waals surface area (Å²) in [5, 5.41) is 0.703. The molecule has 1 rings (SSSR count). The van der Waals surface area contributed by atoms with Gasteiger partial charge in [0, 0.05) is 5.25 Å². The number of thiol groups is 1. The molecule has 0 aliphatic heterocycles. The van der Waals surface area contributed by atoms with E-state index in [1.54, 1.807) is 0 Å². The van der Waals surface area contributed by atoms with Crippen molar-refractivity contribution in [3.8, 4) is 0 Å². The third kappa shape index (κ3) is 7.39. The summed E-state index contributed by atoms with van der Waals surface area (Å²) in [6.45, 7) is 7.12. The van der Waals surface area contributed by atoms with Crippen molar-refractivity contribution in [3.05, 3.63) is 0 Å². The minimum absolute atomic E-state index is 0.703. The fourth-order valence-electron chi connectivity index (χ4n) is 2.97. The van der Waals surface area contributed by atoms with Crippen molar-refractivity contribution >= 4 is 12.6 Å². The van der Waals surface area contributed by atoms with Crippen LogP contribution in [0.3, 0.4) is 0 Å². The first kappa shape index (κ1) is 15.4. The van der Waals surface area contributed by atoms with Gasteiger partial charge in [0.05, 0.1) is 0 Å². The van der Waals surface area contributed by atoms with Gasteiger partial charge >= 0.3 is 0 Å². The number of hydrogen-bond acceptors (Lipinski definition) is 1. The zero-order valence-electron chi connectivity index (χ0n) is 12.1. The SMILES string of the molecule is CC(C)CCCC(C)CCC1CCC(S)CC1. The number of hydrogen-bond donors (Lipinski definition) is 1. The van der Waals surface area contributed by atoms with Crippen molar-refractivity contribution in [2.75, 3.05) is 0 Å². The molecule has 102 valence electrons. The van der Waals surface area contributed by atoms with Gasteiger partial charge in [-0.2, -0.15) is 12.6 Å². The molecule has 0 N–H and O–H groups in total. The molecule has 1 unspecified atom stereocenters. The first-order valence-electron chi connectivity index (χ1n) is 7.76. The Hall–Kier alpha value is 0.350. The molecule has 1 heteroatoms. The van der Waals surface area contributed by atoms with Gasteiger partial charge in [-0.15, -0.1) is 0 Å². The summed E-state index contributed by atoms with van der Waals surface area (Å²) in [5.74, 6) is 2.85. The Balaban J connectivity index is 2.01. The van der Waals surface area contributed by atoms with Gasteiger partial charge in [-0.25, -0.2) is 0 Å². The zero-order valence-corrected chi connectivity index (χ0v) is 13.0. The van der Waals surface area contributed by atoms with E-state index in [4.69, 9.17) is 0 Å². The van der Waals surface area contributed by atoms with Crippen molar-refractivity contribution in [1.82, 2.24) is 0 Å². The first-order valence-corrected chi connectivity index (χ1v) is 8.27. The van der Waals surface area contributed by atoms with Gasteiger partial charge < -0.3 is 0 Å². The van der Waals surface area contributed by atoms with E-state index in [0.29, 0.717) is 5.25 Å². The minimum atomic E-state index is 0.703. The van der Waals surface area contributed by atoms with E-state index in [1.165, 1.54) is 57.8 Å². The minimum Gasteiger partial charge on any atom is -0.176 e. The predicted octanol–water partition coefficient (Wildman–Crippen LogP) is 5.72. The Morgan fingerprint density at radius 3 is 2.18 bits per heavy atom. The molecule has 0 bridgehead atoms. The van der Waals surface area contributed by atoms with Crippen LogP contribution < -0.4 is 0 Å². The number of rotatable bonds is 7. The van der Waals surface area contributed by atoms with Gasteiger partial charge in [-0.05, 0) is 43.4 Å². The molecule has 1 aliphatic carbocycles. The van der Waals surface area contributed by atoms with E-state index >= 15 is 0 Å². The maximum absolute atomic E-state index is 4.58. The van der Waals surface area contributed by atoms with Crippen LogP contribution in [-0.2, 0) is 0 Å². The van der Waals surface area contributed by atoms with Crippen LogP contribution in [0, 0.1) is 17.8 Å². The zero-order chi connectivity index (χ0) is 12.7. The second-order valence-electron chi connectivity index (χ2n) is 6.68. The van der Waals surface area contributed by atoms with E-state index in [2.05, 4.69) is 33.4 Å². The van der Waals surface area contributed by atoms with Crippen molar-refractivity contribution in [2.24, 2.45) is 17.8 Å². The molecule has 0 saturated heterocycles. The van der Waals surface area contributed by atoms with Gasteiger partial charge in [-0.3, -0.25) is 0 Å². The summed E-state index contributed by atoms with van der Waals surface area (Å²) in [6, 6.07) is 0. The fraction of sp³-hybridized carbons (Fsp3) is 1.00. The van der Waals surface area contributed by atoms with Crippen LogP contribution in [0.2, 0.25) is 0 Å². The van der Waals surface area contributed by atoms with Gasteiger partial charge in [0.25, 0.3) is 0 Å². The molecule has 1 saturated carbocycles. The average molecular weight is 256 g/mol. The lowest BCUT2D eigenvalue weighted by atomic mass is 9.83. The van der Waals surface area contributed by atoms with Crippen LogP contribution in [-0.4, -0.2) is 5.25 Å². The normalized spacial score (nSPS) is 27.4. The monoisotopic (exact) mass is 256 g/mol. The molecule has 0 amide bonds. The van der Waals surface area contributed by atoms with E-state index in [9.17, 15) is 0 Å². The molecule has 0 aromatic heterocycles. The third-order valence-corrected chi connectivity index (χ3v) is 4.88. The molecule has 0 radical (unpaired) electrons. The Morgan fingerprint density at radius 1 is 0.941 bits per heavy atom. The van der Waals surface area contributed by atoms with E-state index < -0.39 is 0 Å². The van der Waals surface area contributed by atoms with E-state index in [-0.39, 0.29) is 0 Å². The maximum Gasteiger partial charge on any atom is 0.00170 e. The molecular weight excluding hydrogens is 224 g/mol. The highest BCUT2D eigenvalue weighted by Crippen LogP contribution is 2.31.